The Kier molecular flexibility index (Phi) is 5.78. The summed E-state index contributed by atoms with van der Waals surface area (Å²) in [7, 11) is 0. The van der Waals surface area contributed by atoms with E-state index in [0.717, 1.165) is 19.5 Å². The highest BCUT2D eigenvalue weighted by Gasteiger charge is 2.22. The van der Waals surface area contributed by atoms with Crippen LogP contribution in [0.25, 0.3) is 10.9 Å². The maximum Gasteiger partial charge on any atom is 0.258 e. The van der Waals surface area contributed by atoms with Gasteiger partial charge in [-0.15, -0.1) is 11.3 Å². The lowest BCUT2D eigenvalue weighted by atomic mass is 10.1. The Morgan fingerprint density at radius 1 is 1.31 bits per heavy atom. The van der Waals surface area contributed by atoms with Crippen molar-refractivity contribution >= 4 is 28.1 Å². The van der Waals surface area contributed by atoms with Crippen LogP contribution in [-0.4, -0.2) is 44.8 Å². The number of amides is 1. The van der Waals surface area contributed by atoms with Crippen molar-refractivity contribution in [1.82, 2.24) is 19.8 Å². The van der Waals surface area contributed by atoms with Crippen molar-refractivity contribution in [3.63, 3.8) is 0 Å². The number of para-hydroxylation sites is 1. The first-order chi connectivity index (χ1) is 14.0. The van der Waals surface area contributed by atoms with Crippen molar-refractivity contribution in [2.24, 2.45) is 0 Å². The molecule has 2 aromatic heterocycles. The second-order valence-electron chi connectivity index (χ2n) is 7.78. The molecule has 1 N–H and O–H groups in total. The summed E-state index contributed by atoms with van der Waals surface area (Å²) in [6.45, 7) is 6.87. The lowest BCUT2D eigenvalue weighted by molar-refractivity contribution is -0.132. The van der Waals surface area contributed by atoms with Gasteiger partial charge in [0, 0.05) is 37.0 Å². The number of nitrogens with one attached hydrogen (secondary N) is 1. The van der Waals surface area contributed by atoms with E-state index in [0.29, 0.717) is 36.2 Å². The van der Waals surface area contributed by atoms with Crippen LogP contribution < -0.4 is 5.56 Å². The number of thiophene rings is 1. The number of carbonyl (C=O) groups excluding carboxylic acids is 1. The average molecular weight is 411 g/mol. The lowest BCUT2D eigenvalue weighted by Gasteiger charge is -2.30. The van der Waals surface area contributed by atoms with Gasteiger partial charge in [0.05, 0.1) is 17.4 Å². The zero-order valence-corrected chi connectivity index (χ0v) is 17.7. The Hall–Kier alpha value is -2.51. The van der Waals surface area contributed by atoms with Gasteiger partial charge in [0.1, 0.15) is 5.82 Å². The van der Waals surface area contributed by atoms with E-state index in [4.69, 9.17) is 0 Å². The SMILES string of the molecule is CC(C)N(CCC(=O)N1CCc2sccc2C1)Cc1nc2ccccc2c(=O)[nH]1. The van der Waals surface area contributed by atoms with Crippen LogP contribution >= 0.6 is 11.3 Å². The Bertz CT molecular complexity index is 1070. The number of rotatable bonds is 6. The zero-order valence-electron chi connectivity index (χ0n) is 16.9. The number of benzene rings is 1. The van der Waals surface area contributed by atoms with E-state index in [2.05, 4.69) is 40.2 Å². The first-order valence-corrected chi connectivity index (χ1v) is 10.9. The second kappa shape index (κ2) is 8.47. The molecule has 0 fully saturated rings. The van der Waals surface area contributed by atoms with Gasteiger partial charge in [-0.05, 0) is 49.4 Å². The normalized spacial score (nSPS) is 14.0. The van der Waals surface area contributed by atoms with Crippen molar-refractivity contribution in [2.45, 2.75) is 45.8 Å². The number of aromatic nitrogens is 2. The molecule has 1 aliphatic heterocycles. The van der Waals surface area contributed by atoms with E-state index in [1.54, 1.807) is 17.4 Å². The minimum absolute atomic E-state index is 0.120. The summed E-state index contributed by atoms with van der Waals surface area (Å²) in [5.41, 5.74) is 1.87. The summed E-state index contributed by atoms with van der Waals surface area (Å²) in [4.78, 5) is 38.1. The number of hydrogen-bond donors (Lipinski definition) is 1. The summed E-state index contributed by atoms with van der Waals surface area (Å²) in [5, 5.41) is 2.71. The van der Waals surface area contributed by atoms with Gasteiger partial charge >= 0.3 is 0 Å². The van der Waals surface area contributed by atoms with Gasteiger partial charge < -0.3 is 9.88 Å². The van der Waals surface area contributed by atoms with Gasteiger partial charge in [-0.2, -0.15) is 0 Å². The van der Waals surface area contributed by atoms with Crippen LogP contribution in [0.2, 0.25) is 0 Å². The topological polar surface area (TPSA) is 69.3 Å². The van der Waals surface area contributed by atoms with Crippen LogP contribution in [0, 0.1) is 0 Å². The molecule has 0 atom stereocenters. The fourth-order valence-corrected chi connectivity index (χ4v) is 4.67. The number of carbonyl (C=O) groups is 1. The van der Waals surface area contributed by atoms with Crippen LogP contribution in [0.15, 0.2) is 40.5 Å². The van der Waals surface area contributed by atoms with Crippen LogP contribution in [0.4, 0.5) is 0 Å². The van der Waals surface area contributed by atoms with Gasteiger partial charge in [0.2, 0.25) is 5.91 Å². The Morgan fingerprint density at radius 2 is 2.14 bits per heavy atom. The highest BCUT2D eigenvalue weighted by molar-refractivity contribution is 7.10. The largest absolute Gasteiger partial charge is 0.338 e. The van der Waals surface area contributed by atoms with Crippen molar-refractivity contribution in [1.29, 1.82) is 0 Å². The number of fused-ring (bicyclic) bond motifs is 2. The summed E-state index contributed by atoms with van der Waals surface area (Å²) in [6, 6.07) is 9.72. The minimum atomic E-state index is -0.120. The number of H-pyrrole nitrogens is 1. The maximum atomic E-state index is 12.8. The molecular formula is C22H26N4O2S. The number of aromatic amines is 1. The van der Waals surface area contributed by atoms with Crippen LogP contribution in [0.5, 0.6) is 0 Å². The third-order valence-corrected chi connectivity index (χ3v) is 6.54. The summed E-state index contributed by atoms with van der Waals surface area (Å²) in [6.07, 6.45) is 1.42. The predicted molar refractivity (Wildman–Crippen MR) is 116 cm³/mol. The molecule has 0 saturated carbocycles. The van der Waals surface area contributed by atoms with Gasteiger partial charge in [-0.3, -0.25) is 14.5 Å². The molecule has 152 valence electrons. The molecule has 3 heterocycles. The van der Waals surface area contributed by atoms with Crippen molar-refractivity contribution < 1.29 is 4.79 Å². The highest BCUT2D eigenvalue weighted by atomic mass is 32.1. The monoisotopic (exact) mass is 410 g/mol. The molecule has 7 heteroatoms. The van der Waals surface area contributed by atoms with Crippen LogP contribution in [0.3, 0.4) is 0 Å². The average Bonchev–Trinajstić information content (AvgIpc) is 3.18. The van der Waals surface area contributed by atoms with E-state index in [-0.39, 0.29) is 17.5 Å². The van der Waals surface area contributed by atoms with Gasteiger partial charge in [0.25, 0.3) is 5.56 Å². The summed E-state index contributed by atoms with van der Waals surface area (Å²) >= 11 is 1.78. The van der Waals surface area contributed by atoms with E-state index < -0.39 is 0 Å². The fraction of sp³-hybridized carbons (Fsp3) is 0.409. The first kappa shape index (κ1) is 19.8. The molecule has 1 aromatic carbocycles. The van der Waals surface area contributed by atoms with Crippen molar-refractivity contribution in [3.8, 4) is 0 Å². The molecule has 0 unspecified atom stereocenters. The third kappa shape index (κ3) is 4.41. The third-order valence-electron chi connectivity index (χ3n) is 5.52. The van der Waals surface area contributed by atoms with E-state index in [1.807, 2.05) is 23.1 Å². The van der Waals surface area contributed by atoms with Gasteiger partial charge in [0.15, 0.2) is 0 Å². The molecule has 0 spiro atoms. The maximum absolute atomic E-state index is 12.8. The van der Waals surface area contributed by atoms with Gasteiger partial charge in [-0.25, -0.2) is 4.98 Å². The molecule has 29 heavy (non-hydrogen) atoms. The standard InChI is InChI=1S/C22H26N4O2S/c1-15(2)25(14-20-23-18-6-4-3-5-17(18)22(28)24-20)11-8-21(27)26-10-7-19-16(13-26)9-12-29-19/h3-6,9,12,15H,7-8,10-11,13-14H2,1-2H3,(H,23,24,28). The van der Waals surface area contributed by atoms with Crippen LogP contribution in [-0.2, 0) is 24.3 Å². The predicted octanol–water partition coefficient (Wildman–Crippen LogP) is 3.17. The quantitative estimate of drug-likeness (QED) is 0.678. The smallest absolute Gasteiger partial charge is 0.258 e. The summed E-state index contributed by atoms with van der Waals surface area (Å²) in [5.74, 6) is 0.822. The van der Waals surface area contributed by atoms with E-state index >= 15 is 0 Å². The molecular weight excluding hydrogens is 384 g/mol. The Balaban J connectivity index is 1.41. The lowest BCUT2D eigenvalue weighted by Crippen LogP contribution is -2.39. The fourth-order valence-electron chi connectivity index (χ4n) is 3.78. The van der Waals surface area contributed by atoms with E-state index in [9.17, 15) is 9.59 Å². The second-order valence-corrected chi connectivity index (χ2v) is 8.78. The molecule has 0 aliphatic carbocycles. The molecule has 0 radical (unpaired) electrons. The molecule has 3 aromatic rings. The molecule has 6 nitrogen and oxygen atoms in total. The molecule has 0 bridgehead atoms. The molecule has 4 rings (SSSR count). The van der Waals surface area contributed by atoms with Crippen molar-refractivity contribution in [3.05, 3.63) is 62.3 Å². The van der Waals surface area contributed by atoms with Crippen LogP contribution in [0.1, 0.15) is 36.5 Å². The molecule has 1 aliphatic rings. The van der Waals surface area contributed by atoms with Crippen molar-refractivity contribution in [2.75, 3.05) is 13.1 Å². The van der Waals surface area contributed by atoms with Gasteiger partial charge in [-0.1, -0.05) is 12.1 Å². The summed E-state index contributed by atoms with van der Waals surface area (Å²) < 4.78 is 0. The highest BCUT2D eigenvalue weighted by Crippen LogP contribution is 2.24. The minimum Gasteiger partial charge on any atom is -0.338 e. The first-order valence-electron chi connectivity index (χ1n) is 10.1. The molecule has 1 amide bonds. The molecule has 0 saturated heterocycles. The Labute approximate surface area is 174 Å². The zero-order chi connectivity index (χ0) is 20.4. The van der Waals surface area contributed by atoms with E-state index in [1.165, 1.54) is 10.4 Å². The Morgan fingerprint density at radius 3 is 2.97 bits per heavy atom. The number of nitrogens with zero attached hydrogens (tertiary/aromatic N) is 3. The number of hydrogen-bond acceptors (Lipinski definition) is 5.